The second-order valence-corrected chi connectivity index (χ2v) is 6.74. The average Bonchev–Trinajstić information content (AvgIpc) is 3.00. The van der Waals surface area contributed by atoms with Crippen LogP contribution in [-0.2, 0) is 0 Å². The van der Waals surface area contributed by atoms with Crippen molar-refractivity contribution in [1.82, 2.24) is 15.2 Å². The molecule has 1 aromatic rings. The van der Waals surface area contributed by atoms with Crippen LogP contribution < -0.4 is 10.1 Å². The van der Waals surface area contributed by atoms with E-state index in [-0.39, 0.29) is 24.0 Å². The van der Waals surface area contributed by atoms with Crippen LogP contribution in [0.15, 0.2) is 29.5 Å². The van der Waals surface area contributed by atoms with Gasteiger partial charge in [0.15, 0.2) is 5.96 Å². The first-order chi connectivity index (χ1) is 11.3. The van der Waals surface area contributed by atoms with Crippen molar-refractivity contribution in [3.05, 3.63) is 24.5 Å². The Morgan fingerprint density at radius 3 is 2.88 bits per heavy atom. The van der Waals surface area contributed by atoms with Crippen molar-refractivity contribution < 1.29 is 4.74 Å². The molecule has 3 rings (SSSR count). The Hall–Kier alpha value is -1.05. The van der Waals surface area contributed by atoms with Crippen molar-refractivity contribution in [3.8, 4) is 5.75 Å². The van der Waals surface area contributed by atoms with Gasteiger partial charge in [-0.15, -0.1) is 24.0 Å². The molecule has 2 aliphatic rings. The number of rotatable bonds is 4. The Morgan fingerprint density at radius 2 is 2.17 bits per heavy atom. The first kappa shape index (κ1) is 19.3. The largest absolute Gasteiger partial charge is 0.490 e. The number of aliphatic imine (C=N–C) groups is 1. The number of aromatic nitrogens is 1. The lowest BCUT2D eigenvalue weighted by Crippen LogP contribution is -2.43. The van der Waals surface area contributed by atoms with Crippen molar-refractivity contribution in [2.24, 2.45) is 10.4 Å². The number of likely N-dealkylation sites (tertiary alicyclic amines) is 1. The van der Waals surface area contributed by atoms with E-state index in [0.717, 1.165) is 31.3 Å². The summed E-state index contributed by atoms with van der Waals surface area (Å²) in [5.41, 5.74) is 0.558. The highest BCUT2D eigenvalue weighted by Gasteiger charge is 2.39. The third kappa shape index (κ3) is 4.97. The highest BCUT2D eigenvalue weighted by atomic mass is 127. The third-order valence-electron chi connectivity index (χ3n) is 5.15. The van der Waals surface area contributed by atoms with Crippen molar-refractivity contribution in [3.63, 3.8) is 0 Å². The summed E-state index contributed by atoms with van der Waals surface area (Å²) in [7, 11) is 1.87. The molecule has 134 valence electrons. The van der Waals surface area contributed by atoms with E-state index in [4.69, 9.17) is 4.74 Å². The zero-order chi connectivity index (χ0) is 16.0. The van der Waals surface area contributed by atoms with Crippen LogP contribution in [0.2, 0.25) is 0 Å². The van der Waals surface area contributed by atoms with Gasteiger partial charge in [0.1, 0.15) is 12.4 Å². The molecule has 1 N–H and O–H groups in total. The molecule has 0 amide bonds. The fourth-order valence-corrected chi connectivity index (χ4v) is 3.92. The molecule has 2 fully saturated rings. The summed E-state index contributed by atoms with van der Waals surface area (Å²) >= 11 is 0. The summed E-state index contributed by atoms with van der Waals surface area (Å²) in [6.45, 7) is 3.66. The average molecular weight is 444 g/mol. The molecule has 0 unspecified atom stereocenters. The second kappa shape index (κ2) is 9.44. The first-order valence-corrected chi connectivity index (χ1v) is 8.80. The van der Waals surface area contributed by atoms with Gasteiger partial charge in [0.05, 0.1) is 12.7 Å². The second-order valence-electron chi connectivity index (χ2n) is 6.74. The number of hydrogen-bond donors (Lipinski definition) is 1. The van der Waals surface area contributed by atoms with Crippen molar-refractivity contribution in [1.29, 1.82) is 0 Å². The predicted molar refractivity (Wildman–Crippen MR) is 108 cm³/mol. The summed E-state index contributed by atoms with van der Waals surface area (Å²) in [4.78, 5) is 10.9. The summed E-state index contributed by atoms with van der Waals surface area (Å²) in [5.74, 6) is 1.83. The van der Waals surface area contributed by atoms with Crippen LogP contribution in [-0.4, -0.2) is 49.1 Å². The molecule has 2 heterocycles. The monoisotopic (exact) mass is 444 g/mol. The van der Waals surface area contributed by atoms with Gasteiger partial charge in [-0.1, -0.05) is 19.3 Å². The zero-order valence-electron chi connectivity index (χ0n) is 14.5. The van der Waals surface area contributed by atoms with Gasteiger partial charge in [0.2, 0.25) is 0 Å². The summed E-state index contributed by atoms with van der Waals surface area (Å²) in [5, 5.41) is 3.43. The number of halogens is 1. The van der Waals surface area contributed by atoms with Crippen LogP contribution in [0.25, 0.3) is 0 Å². The molecule has 24 heavy (non-hydrogen) atoms. The molecule has 1 aliphatic heterocycles. The molecule has 0 aromatic carbocycles. The Balaban J connectivity index is 0.00000208. The van der Waals surface area contributed by atoms with Gasteiger partial charge in [-0.3, -0.25) is 9.98 Å². The molecule has 1 spiro atoms. The smallest absolute Gasteiger partial charge is 0.193 e. The maximum atomic E-state index is 5.67. The van der Waals surface area contributed by atoms with E-state index in [2.05, 4.69) is 20.2 Å². The number of ether oxygens (including phenoxy) is 1. The maximum absolute atomic E-state index is 5.67. The minimum absolute atomic E-state index is 0. The SMILES string of the molecule is CN=C(NCCOc1cccnc1)N1CCC2(CCCCC2)C1.I. The number of guanidine groups is 1. The van der Waals surface area contributed by atoms with E-state index in [1.165, 1.54) is 38.5 Å². The Kier molecular flexibility index (Phi) is 7.58. The molecular formula is C18H29IN4O. The van der Waals surface area contributed by atoms with Gasteiger partial charge in [0.25, 0.3) is 0 Å². The standard InChI is InChI=1S/C18H28N4O.HI/c1-19-17(21-11-13-23-16-6-5-10-20-14-16)22-12-9-18(15-22)7-3-2-4-8-18;/h5-6,10,14H,2-4,7-9,11-13,15H2,1H3,(H,19,21);1H. The number of nitrogens with one attached hydrogen (secondary N) is 1. The van der Waals surface area contributed by atoms with E-state index < -0.39 is 0 Å². The van der Waals surface area contributed by atoms with Gasteiger partial charge in [-0.25, -0.2) is 0 Å². The van der Waals surface area contributed by atoms with Gasteiger partial charge in [-0.2, -0.15) is 0 Å². The minimum atomic E-state index is 0. The quantitative estimate of drug-likeness (QED) is 0.335. The van der Waals surface area contributed by atoms with Gasteiger partial charge < -0.3 is 15.0 Å². The predicted octanol–water partition coefficient (Wildman–Crippen LogP) is 3.31. The molecule has 5 nitrogen and oxygen atoms in total. The number of pyridine rings is 1. The van der Waals surface area contributed by atoms with Gasteiger partial charge >= 0.3 is 0 Å². The highest BCUT2D eigenvalue weighted by molar-refractivity contribution is 14.0. The van der Waals surface area contributed by atoms with Crippen LogP contribution in [0.5, 0.6) is 5.75 Å². The Labute approximate surface area is 162 Å². The molecule has 0 bridgehead atoms. The van der Waals surface area contributed by atoms with E-state index >= 15 is 0 Å². The van der Waals surface area contributed by atoms with E-state index in [0.29, 0.717) is 12.0 Å². The lowest BCUT2D eigenvalue weighted by molar-refractivity contribution is 0.203. The van der Waals surface area contributed by atoms with Crippen LogP contribution in [0, 0.1) is 5.41 Å². The molecule has 1 saturated heterocycles. The topological polar surface area (TPSA) is 49.8 Å². The molecule has 1 aliphatic carbocycles. The highest BCUT2D eigenvalue weighted by Crippen LogP contribution is 2.43. The van der Waals surface area contributed by atoms with Crippen LogP contribution in [0.3, 0.4) is 0 Å². The van der Waals surface area contributed by atoms with Crippen molar-refractivity contribution in [2.45, 2.75) is 38.5 Å². The molecule has 0 atom stereocenters. The Bertz CT molecular complexity index is 517. The molecule has 0 radical (unpaired) electrons. The lowest BCUT2D eigenvalue weighted by atomic mass is 9.73. The van der Waals surface area contributed by atoms with Gasteiger partial charge in [-0.05, 0) is 36.8 Å². The molecular weight excluding hydrogens is 415 g/mol. The minimum Gasteiger partial charge on any atom is -0.490 e. The van der Waals surface area contributed by atoms with Crippen LogP contribution >= 0.6 is 24.0 Å². The fraction of sp³-hybridized carbons (Fsp3) is 0.667. The van der Waals surface area contributed by atoms with Crippen LogP contribution in [0.1, 0.15) is 38.5 Å². The molecule has 6 heteroatoms. The zero-order valence-corrected chi connectivity index (χ0v) is 16.9. The molecule has 1 saturated carbocycles. The number of hydrogen-bond acceptors (Lipinski definition) is 3. The Morgan fingerprint density at radius 1 is 1.33 bits per heavy atom. The van der Waals surface area contributed by atoms with Crippen molar-refractivity contribution in [2.75, 3.05) is 33.3 Å². The molecule has 1 aromatic heterocycles. The normalized spacial score (nSPS) is 19.9. The number of nitrogens with zero attached hydrogens (tertiary/aromatic N) is 3. The summed E-state index contributed by atoms with van der Waals surface area (Å²) in [6, 6.07) is 3.81. The third-order valence-corrected chi connectivity index (χ3v) is 5.15. The van der Waals surface area contributed by atoms with Gasteiger partial charge in [0, 0.05) is 26.3 Å². The summed E-state index contributed by atoms with van der Waals surface area (Å²) in [6.07, 6.45) is 11.8. The lowest BCUT2D eigenvalue weighted by Gasteiger charge is -2.33. The van der Waals surface area contributed by atoms with E-state index in [1.807, 2.05) is 19.2 Å². The fourth-order valence-electron chi connectivity index (χ4n) is 3.92. The van der Waals surface area contributed by atoms with Crippen molar-refractivity contribution >= 4 is 29.9 Å². The van der Waals surface area contributed by atoms with E-state index in [1.54, 1.807) is 12.4 Å². The van der Waals surface area contributed by atoms with Crippen LogP contribution in [0.4, 0.5) is 0 Å². The summed E-state index contributed by atoms with van der Waals surface area (Å²) < 4.78 is 5.67. The first-order valence-electron chi connectivity index (χ1n) is 8.80. The van der Waals surface area contributed by atoms with E-state index in [9.17, 15) is 0 Å². The maximum Gasteiger partial charge on any atom is 0.193 e.